The second-order valence-electron chi connectivity index (χ2n) is 4.89. The Morgan fingerprint density at radius 3 is 2.55 bits per heavy atom. The number of nitrogens with zero attached hydrogens (tertiary/aromatic N) is 2. The summed E-state index contributed by atoms with van der Waals surface area (Å²) in [6, 6.07) is 13.5. The van der Waals surface area contributed by atoms with Gasteiger partial charge in [0.05, 0.1) is 16.6 Å². The third-order valence-electron chi connectivity index (χ3n) is 3.31. The fourth-order valence-electron chi connectivity index (χ4n) is 2.18. The van der Waals surface area contributed by atoms with E-state index in [4.69, 9.17) is 0 Å². The number of aromatic nitrogens is 2. The molecule has 2 aromatic heterocycles. The zero-order chi connectivity index (χ0) is 14.1. The minimum Gasteiger partial charge on any atom is -0.378 e. The van der Waals surface area contributed by atoms with Crippen molar-refractivity contribution in [3.05, 3.63) is 59.0 Å². The van der Waals surface area contributed by atoms with Crippen molar-refractivity contribution in [2.75, 3.05) is 19.0 Å². The maximum Gasteiger partial charge on any atom is 0.257 e. The van der Waals surface area contributed by atoms with Crippen molar-refractivity contribution in [2.45, 2.75) is 0 Å². The molecule has 0 radical (unpaired) electrons. The van der Waals surface area contributed by atoms with Gasteiger partial charge in [0.1, 0.15) is 0 Å². The first-order valence-corrected chi connectivity index (χ1v) is 6.41. The number of H-pyrrole nitrogens is 1. The predicted octanol–water partition coefficient (Wildman–Crippen LogP) is 2.66. The van der Waals surface area contributed by atoms with Crippen LogP contribution in [0.25, 0.3) is 22.2 Å². The van der Waals surface area contributed by atoms with Gasteiger partial charge in [-0.3, -0.25) is 9.78 Å². The molecule has 1 N–H and O–H groups in total. The van der Waals surface area contributed by atoms with E-state index in [1.54, 1.807) is 18.3 Å². The molecule has 3 aromatic rings. The van der Waals surface area contributed by atoms with Gasteiger partial charge in [-0.25, -0.2) is 0 Å². The van der Waals surface area contributed by atoms with Crippen LogP contribution in [0.15, 0.2) is 53.5 Å². The molecule has 0 bridgehead atoms. The molecule has 4 heteroatoms. The predicted molar refractivity (Wildman–Crippen MR) is 82.1 cm³/mol. The van der Waals surface area contributed by atoms with Crippen LogP contribution in [0.4, 0.5) is 5.69 Å². The minimum atomic E-state index is -0.109. The molecule has 0 aliphatic heterocycles. The second-order valence-corrected chi connectivity index (χ2v) is 4.89. The molecular formula is C16H15N3O. The average molecular weight is 265 g/mol. The fraction of sp³-hybridized carbons (Fsp3) is 0.125. The van der Waals surface area contributed by atoms with Crippen LogP contribution >= 0.6 is 0 Å². The van der Waals surface area contributed by atoms with Crippen molar-refractivity contribution in [3.63, 3.8) is 0 Å². The van der Waals surface area contributed by atoms with Crippen molar-refractivity contribution >= 4 is 16.6 Å². The SMILES string of the molecule is CN(C)c1ccc(-c2cc3ncccc3c(=O)[nH]2)cc1. The first kappa shape index (κ1) is 12.4. The van der Waals surface area contributed by atoms with E-state index in [0.29, 0.717) is 10.9 Å². The van der Waals surface area contributed by atoms with E-state index in [-0.39, 0.29) is 5.56 Å². The number of anilines is 1. The summed E-state index contributed by atoms with van der Waals surface area (Å²) in [6.45, 7) is 0. The van der Waals surface area contributed by atoms with Crippen molar-refractivity contribution in [1.29, 1.82) is 0 Å². The Labute approximate surface area is 116 Å². The highest BCUT2D eigenvalue weighted by Crippen LogP contribution is 2.21. The summed E-state index contributed by atoms with van der Waals surface area (Å²) in [5, 5.41) is 0.612. The van der Waals surface area contributed by atoms with Gasteiger partial charge in [-0.1, -0.05) is 12.1 Å². The van der Waals surface area contributed by atoms with Crippen LogP contribution in [-0.4, -0.2) is 24.1 Å². The molecule has 0 atom stereocenters. The van der Waals surface area contributed by atoms with Crippen LogP contribution in [0.5, 0.6) is 0 Å². The lowest BCUT2D eigenvalue weighted by atomic mass is 10.1. The molecule has 3 rings (SSSR count). The second kappa shape index (κ2) is 4.81. The normalized spacial score (nSPS) is 10.7. The van der Waals surface area contributed by atoms with E-state index in [9.17, 15) is 4.79 Å². The molecule has 2 heterocycles. The van der Waals surface area contributed by atoms with Crippen LogP contribution in [0.3, 0.4) is 0 Å². The Balaban J connectivity index is 2.12. The summed E-state index contributed by atoms with van der Waals surface area (Å²) in [5.41, 5.74) is 3.48. The molecule has 20 heavy (non-hydrogen) atoms. The number of benzene rings is 1. The minimum absolute atomic E-state index is 0.109. The highest BCUT2D eigenvalue weighted by atomic mass is 16.1. The number of nitrogens with one attached hydrogen (secondary N) is 1. The van der Waals surface area contributed by atoms with Gasteiger partial charge in [-0.15, -0.1) is 0 Å². The number of hydrogen-bond acceptors (Lipinski definition) is 3. The topological polar surface area (TPSA) is 49.0 Å². The first-order valence-electron chi connectivity index (χ1n) is 6.41. The summed E-state index contributed by atoms with van der Waals surface area (Å²) >= 11 is 0. The Morgan fingerprint density at radius 2 is 1.85 bits per heavy atom. The third-order valence-corrected chi connectivity index (χ3v) is 3.31. The maximum absolute atomic E-state index is 12.0. The zero-order valence-corrected chi connectivity index (χ0v) is 11.4. The van der Waals surface area contributed by atoms with Gasteiger partial charge < -0.3 is 9.88 Å². The van der Waals surface area contributed by atoms with Crippen molar-refractivity contribution in [3.8, 4) is 11.3 Å². The molecule has 4 nitrogen and oxygen atoms in total. The van der Waals surface area contributed by atoms with E-state index in [0.717, 1.165) is 16.9 Å². The van der Waals surface area contributed by atoms with Gasteiger partial charge in [0.2, 0.25) is 0 Å². The molecule has 1 aromatic carbocycles. The summed E-state index contributed by atoms with van der Waals surface area (Å²) in [7, 11) is 3.99. The Bertz CT molecular complexity index is 804. The summed E-state index contributed by atoms with van der Waals surface area (Å²) in [4.78, 5) is 21.2. The van der Waals surface area contributed by atoms with Gasteiger partial charge in [-0.05, 0) is 35.9 Å². The zero-order valence-electron chi connectivity index (χ0n) is 11.4. The van der Waals surface area contributed by atoms with Crippen molar-refractivity contribution in [1.82, 2.24) is 9.97 Å². The van der Waals surface area contributed by atoms with Crippen molar-refractivity contribution < 1.29 is 0 Å². The molecule has 0 aliphatic rings. The molecular weight excluding hydrogens is 250 g/mol. The van der Waals surface area contributed by atoms with Gasteiger partial charge >= 0.3 is 0 Å². The number of hydrogen-bond donors (Lipinski definition) is 1. The number of rotatable bonds is 2. The number of pyridine rings is 2. The number of fused-ring (bicyclic) bond motifs is 1. The van der Waals surface area contributed by atoms with E-state index in [2.05, 4.69) is 9.97 Å². The van der Waals surface area contributed by atoms with Crippen LogP contribution in [0.2, 0.25) is 0 Å². The van der Waals surface area contributed by atoms with E-state index >= 15 is 0 Å². The van der Waals surface area contributed by atoms with E-state index < -0.39 is 0 Å². The molecule has 0 amide bonds. The van der Waals surface area contributed by atoms with Gasteiger partial charge in [0.15, 0.2) is 0 Å². The highest BCUT2D eigenvalue weighted by molar-refractivity contribution is 5.81. The van der Waals surface area contributed by atoms with Gasteiger partial charge in [-0.2, -0.15) is 0 Å². The fourth-order valence-corrected chi connectivity index (χ4v) is 2.18. The monoisotopic (exact) mass is 265 g/mol. The van der Waals surface area contributed by atoms with Crippen LogP contribution in [0, 0.1) is 0 Å². The molecule has 100 valence electrons. The van der Waals surface area contributed by atoms with Crippen LogP contribution < -0.4 is 10.5 Å². The summed E-state index contributed by atoms with van der Waals surface area (Å²) < 4.78 is 0. The van der Waals surface area contributed by atoms with Crippen LogP contribution in [0.1, 0.15) is 0 Å². The molecule has 0 saturated carbocycles. The standard InChI is InChI=1S/C16H15N3O/c1-19(2)12-7-5-11(6-8-12)14-10-15-13(16(20)18-14)4-3-9-17-15/h3-10H,1-2H3,(H,18,20). The van der Waals surface area contributed by atoms with E-state index in [1.165, 1.54) is 0 Å². The first-order chi connectivity index (χ1) is 9.65. The Hall–Kier alpha value is -2.62. The third kappa shape index (κ3) is 2.16. The lowest BCUT2D eigenvalue weighted by molar-refractivity contribution is 1.13. The summed E-state index contributed by atoms with van der Waals surface area (Å²) in [5.74, 6) is 0. The molecule has 0 saturated heterocycles. The van der Waals surface area contributed by atoms with Gasteiger partial charge in [0.25, 0.3) is 5.56 Å². The maximum atomic E-state index is 12.0. The Kier molecular flexibility index (Phi) is 2.99. The largest absolute Gasteiger partial charge is 0.378 e. The van der Waals surface area contributed by atoms with E-state index in [1.807, 2.05) is 49.3 Å². The summed E-state index contributed by atoms with van der Waals surface area (Å²) in [6.07, 6.45) is 1.70. The highest BCUT2D eigenvalue weighted by Gasteiger charge is 2.05. The molecule has 0 spiro atoms. The molecule has 0 aliphatic carbocycles. The quantitative estimate of drug-likeness (QED) is 0.775. The van der Waals surface area contributed by atoms with Crippen molar-refractivity contribution in [2.24, 2.45) is 0 Å². The number of aromatic amines is 1. The molecule has 0 fully saturated rings. The average Bonchev–Trinajstić information content (AvgIpc) is 2.47. The Morgan fingerprint density at radius 1 is 1.10 bits per heavy atom. The molecule has 0 unspecified atom stereocenters. The lowest BCUT2D eigenvalue weighted by Gasteiger charge is -2.12. The van der Waals surface area contributed by atoms with Crippen LogP contribution in [-0.2, 0) is 0 Å². The van der Waals surface area contributed by atoms with Gasteiger partial charge in [0, 0.05) is 26.0 Å². The smallest absolute Gasteiger partial charge is 0.257 e. The lowest BCUT2D eigenvalue weighted by Crippen LogP contribution is -2.09.